The zero-order chi connectivity index (χ0) is 13.2. The van der Waals surface area contributed by atoms with Gasteiger partial charge < -0.3 is 5.73 Å². The summed E-state index contributed by atoms with van der Waals surface area (Å²) in [6.07, 6.45) is 3.67. The van der Waals surface area contributed by atoms with E-state index in [1.807, 2.05) is 11.3 Å². The fraction of sp³-hybridized carbons (Fsp3) is 0.733. The Morgan fingerprint density at radius 1 is 1.50 bits per heavy atom. The number of hydrogen-bond donors (Lipinski definition) is 1. The molecule has 2 heterocycles. The Bertz CT molecular complexity index is 359. The number of piperidine rings is 1. The first-order valence-electron chi connectivity index (χ1n) is 7.06. The lowest BCUT2D eigenvalue weighted by atomic mass is 9.83. The van der Waals surface area contributed by atoms with Crippen LogP contribution < -0.4 is 5.73 Å². The van der Waals surface area contributed by atoms with Gasteiger partial charge in [-0.25, -0.2) is 0 Å². The predicted molar refractivity (Wildman–Crippen MR) is 79.9 cm³/mol. The van der Waals surface area contributed by atoms with Crippen molar-refractivity contribution in [1.29, 1.82) is 0 Å². The SMILES string of the molecule is CCC(N)C(c1cccs1)N1CCCC(C)(C)C1. The molecule has 1 aromatic rings. The summed E-state index contributed by atoms with van der Waals surface area (Å²) in [7, 11) is 0. The van der Waals surface area contributed by atoms with Gasteiger partial charge in [-0.15, -0.1) is 11.3 Å². The number of nitrogens with two attached hydrogens (primary N) is 1. The van der Waals surface area contributed by atoms with Gasteiger partial charge in [-0.05, 0) is 42.7 Å². The second kappa shape index (κ2) is 5.72. The molecule has 0 bridgehead atoms. The fourth-order valence-electron chi connectivity index (χ4n) is 3.05. The van der Waals surface area contributed by atoms with E-state index in [0.29, 0.717) is 11.5 Å². The molecule has 1 fully saturated rings. The van der Waals surface area contributed by atoms with Crippen LogP contribution in [0.3, 0.4) is 0 Å². The van der Waals surface area contributed by atoms with Crippen molar-refractivity contribution < 1.29 is 0 Å². The molecule has 1 saturated heterocycles. The smallest absolute Gasteiger partial charge is 0.0593 e. The molecule has 1 aliphatic rings. The first kappa shape index (κ1) is 14.0. The lowest BCUT2D eigenvalue weighted by molar-refractivity contribution is 0.0672. The molecule has 0 amide bonds. The zero-order valence-electron chi connectivity index (χ0n) is 11.9. The summed E-state index contributed by atoms with van der Waals surface area (Å²) >= 11 is 1.85. The minimum atomic E-state index is 0.248. The van der Waals surface area contributed by atoms with Crippen LogP contribution in [0.25, 0.3) is 0 Å². The van der Waals surface area contributed by atoms with Gasteiger partial charge in [0.25, 0.3) is 0 Å². The third-order valence-corrected chi connectivity index (χ3v) is 4.98. The largest absolute Gasteiger partial charge is 0.326 e. The number of likely N-dealkylation sites (tertiary alicyclic amines) is 1. The Labute approximate surface area is 115 Å². The molecule has 2 nitrogen and oxygen atoms in total. The molecule has 0 aromatic carbocycles. The Hall–Kier alpha value is -0.380. The number of thiophene rings is 1. The molecule has 2 rings (SSSR count). The quantitative estimate of drug-likeness (QED) is 0.901. The second-order valence-electron chi connectivity index (χ2n) is 6.27. The lowest BCUT2D eigenvalue weighted by Gasteiger charge is -2.43. The number of nitrogens with zero attached hydrogens (tertiary/aromatic N) is 1. The Balaban J connectivity index is 2.19. The highest BCUT2D eigenvalue weighted by atomic mass is 32.1. The summed E-state index contributed by atoms with van der Waals surface area (Å²) < 4.78 is 0. The van der Waals surface area contributed by atoms with Crippen molar-refractivity contribution in [3.8, 4) is 0 Å². The van der Waals surface area contributed by atoms with Gasteiger partial charge in [-0.1, -0.05) is 26.8 Å². The average molecular weight is 266 g/mol. The summed E-state index contributed by atoms with van der Waals surface area (Å²) in [5, 5.41) is 2.17. The average Bonchev–Trinajstić information content (AvgIpc) is 2.81. The topological polar surface area (TPSA) is 29.3 Å². The molecule has 3 heteroatoms. The van der Waals surface area contributed by atoms with E-state index < -0.39 is 0 Å². The first-order valence-corrected chi connectivity index (χ1v) is 7.94. The van der Waals surface area contributed by atoms with Gasteiger partial charge in [0.1, 0.15) is 0 Å². The predicted octanol–water partition coefficient (Wildman–Crippen LogP) is 3.65. The van der Waals surface area contributed by atoms with Gasteiger partial charge in [0, 0.05) is 17.5 Å². The van der Waals surface area contributed by atoms with Gasteiger partial charge in [-0.3, -0.25) is 4.90 Å². The van der Waals surface area contributed by atoms with E-state index in [2.05, 4.69) is 43.2 Å². The van der Waals surface area contributed by atoms with E-state index in [1.54, 1.807) is 0 Å². The maximum absolute atomic E-state index is 6.39. The molecule has 1 aromatic heterocycles. The van der Waals surface area contributed by atoms with Crippen LogP contribution in [-0.2, 0) is 0 Å². The summed E-state index contributed by atoms with van der Waals surface area (Å²) in [6.45, 7) is 9.31. The van der Waals surface area contributed by atoms with Gasteiger partial charge in [0.2, 0.25) is 0 Å². The molecule has 2 N–H and O–H groups in total. The van der Waals surface area contributed by atoms with Gasteiger partial charge in [0.15, 0.2) is 0 Å². The molecule has 2 atom stereocenters. The minimum absolute atomic E-state index is 0.248. The van der Waals surface area contributed by atoms with Crippen LogP contribution in [0.15, 0.2) is 17.5 Å². The maximum Gasteiger partial charge on any atom is 0.0593 e. The van der Waals surface area contributed by atoms with Crippen molar-refractivity contribution in [1.82, 2.24) is 4.90 Å². The minimum Gasteiger partial charge on any atom is -0.326 e. The lowest BCUT2D eigenvalue weighted by Crippen LogP contribution is -2.47. The van der Waals surface area contributed by atoms with E-state index in [-0.39, 0.29) is 6.04 Å². The first-order chi connectivity index (χ1) is 8.53. The van der Waals surface area contributed by atoms with Crippen LogP contribution in [0.4, 0.5) is 0 Å². The van der Waals surface area contributed by atoms with Gasteiger partial charge >= 0.3 is 0 Å². The molecule has 1 aliphatic heterocycles. The Morgan fingerprint density at radius 3 is 2.83 bits per heavy atom. The van der Waals surface area contributed by atoms with E-state index >= 15 is 0 Å². The van der Waals surface area contributed by atoms with E-state index in [0.717, 1.165) is 6.42 Å². The van der Waals surface area contributed by atoms with E-state index in [1.165, 1.54) is 30.8 Å². The molecule has 102 valence electrons. The molecule has 0 aliphatic carbocycles. The summed E-state index contributed by atoms with van der Waals surface area (Å²) in [5.74, 6) is 0. The van der Waals surface area contributed by atoms with Gasteiger partial charge in [0.05, 0.1) is 6.04 Å². The highest BCUT2D eigenvalue weighted by Crippen LogP contribution is 2.36. The molecule has 18 heavy (non-hydrogen) atoms. The summed E-state index contributed by atoms with van der Waals surface area (Å²) in [4.78, 5) is 4.05. The van der Waals surface area contributed by atoms with Crippen LogP contribution in [0.5, 0.6) is 0 Å². The fourth-order valence-corrected chi connectivity index (χ4v) is 3.99. The molecular weight excluding hydrogens is 240 g/mol. The van der Waals surface area contributed by atoms with Crippen LogP contribution in [0.2, 0.25) is 0 Å². The van der Waals surface area contributed by atoms with E-state index in [9.17, 15) is 0 Å². The summed E-state index contributed by atoms with van der Waals surface area (Å²) in [5.41, 5.74) is 6.82. The van der Waals surface area contributed by atoms with Crippen LogP contribution in [0, 0.1) is 5.41 Å². The molecule has 0 saturated carbocycles. The third kappa shape index (κ3) is 3.14. The van der Waals surface area contributed by atoms with Crippen LogP contribution >= 0.6 is 11.3 Å². The zero-order valence-corrected chi connectivity index (χ0v) is 12.7. The maximum atomic E-state index is 6.39. The molecule has 2 unspecified atom stereocenters. The van der Waals surface area contributed by atoms with Crippen molar-refractivity contribution in [2.75, 3.05) is 13.1 Å². The van der Waals surface area contributed by atoms with Crippen molar-refractivity contribution >= 4 is 11.3 Å². The highest BCUT2D eigenvalue weighted by molar-refractivity contribution is 7.10. The molecule has 0 radical (unpaired) electrons. The normalized spacial score (nSPS) is 23.8. The summed E-state index contributed by atoms with van der Waals surface area (Å²) in [6, 6.07) is 5.05. The third-order valence-electron chi connectivity index (χ3n) is 4.04. The standard InChI is InChI=1S/C15H26N2S/c1-4-12(16)14(13-7-5-10-18-13)17-9-6-8-15(2,3)11-17/h5,7,10,12,14H,4,6,8-9,11,16H2,1-3H3. The van der Waals surface area contributed by atoms with Crippen LogP contribution in [0.1, 0.15) is 51.0 Å². The monoisotopic (exact) mass is 266 g/mol. The Kier molecular flexibility index (Phi) is 4.46. The van der Waals surface area contributed by atoms with Crippen molar-refractivity contribution in [3.63, 3.8) is 0 Å². The number of hydrogen-bond acceptors (Lipinski definition) is 3. The second-order valence-corrected chi connectivity index (χ2v) is 7.25. The number of rotatable bonds is 4. The van der Waals surface area contributed by atoms with Crippen molar-refractivity contribution in [2.24, 2.45) is 11.1 Å². The Morgan fingerprint density at radius 2 is 2.28 bits per heavy atom. The van der Waals surface area contributed by atoms with Crippen LogP contribution in [-0.4, -0.2) is 24.0 Å². The highest BCUT2D eigenvalue weighted by Gasteiger charge is 2.33. The van der Waals surface area contributed by atoms with Crippen molar-refractivity contribution in [3.05, 3.63) is 22.4 Å². The van der Waals surface area contributed by atoms with Gasteiger partial charge in [-0.2, -0.15) is 0 Å². The molecular formula is C15H26N2S. The van der Waals surface area contributed by atoms with Crippen molar-refractivity contribution in [2.45, 2.75) is 52.1 Å². The molecule has 0 spiro atoms. The van der Waals surface area contributed by atoms with E-state index in [4.69, 9.17) is 5.73 Å².